The van der Waals surface area contributed by atoms with Gasteiger partial charge in [-0.25, -0.2) is 0 Å². The van der Waals surface area contributed by atoms with E-state index in [1.807, 2.05) is 0 Å². The van der Waals surface area contributed by atoms with Gasteiger partial charge in [-0.15, -0.1) is 0 Å². The van der Waals surface area contributed by atoms with Gasteiger partial charge in [0.1, 0.15) is 5.75 Å². The van der Waals surface area contributed by atoms with Gasteiger partial charge in [-0.3, -0.25) is 9.59 Å². The lowest BCUT2D eigenvalue weighted by Crippen LogP contribution is -2.32. The van der Waals surface area contributed by atoms with Gasteiger partial charge in [0.2, 0.25) is 0 Å². The summed E-state index contributed by atoms with van der Waals surface area (Å²) in [4.78, 5) is 23.4. The number of hydrogen-bond acceptors (Lipinski definition) is 4. The predicted molar refractivity (Wildman–Crippen MR) is 90.3 cm³/mol. The second-order valence-corrected chi connectivity index (χ2v) is 6.47. The molecule has 0 bridgehead atoms. The van der Waals surface area contributed by atoms with Gasteiger partial charge >= 0.3 is 0 Å². The lowest BCUT2D eigenvalue weighted by molar-refractivity contribution is -0.118. The Balaban J connectivity index is 1.46. The Hall–Kier alpha value is -2.08. The molecule has 2 atom stereocenters. The van der Waals surface area contributed by atoms with Crippen LogP contribution in [0.2, 0.25) is 0 Å². The number of carbonyl (C=O) groups excluding carboxylic acids is 2. The summed E-state index contributed by atoms with van der Waals surface area (Å²) in [6, 6.07) is 5.00. The average Bonchev–Trinajstić information content (AvgIpc) is 2.59. The number of amides is 2. The van der Waals surface area contributed by atoms with Crippen molar-refractivity contribution in [1.82, 2.24) is 5.32 Å². The molecule has 6 nitrogen and oxygen atoms in total. The maximum Gasteiger partial charge on any atom is 0.262 e. The highest BCUT2D eigenvalue weighted by Crippen LogP contribution is 2.28. The van der Waals surface area contributed by atoms with E-state index in [0.717, 1.165) is 6.42 Å². The average molecular weight is 332 g/mol. The molecular weight excluding hydrogens is 308 g/mol. The molecule has 1 aliphatic carbocycles. The first-order chi connectivity index (χ1) is 11.6. The first-order valence-electron chi connectivity index (χ1n) is 8.60. The highest BCUT2D eigenvalue weighted by molar-refractivity contribution is 5.98. The third kappa shape index (κ3) is 4.06. The molecule has 3 rings (SSSR count). The summed E-state index contributed by atoms with van der Waals surface area (Å²) in [7, 11) is 0. The highest BCUT2D eigenvalue weighted by atomic mass is 16.5. The van der Waals surface area contributed by atoms with Crippen molar-refractivity contribution in [2.45, 2.75) is 38.7 Å². The Labute approximate surface area is 141 Å². The Morgan fingerprint density at radius 1 is 1.38 bits per heavy atom. The van der Waals surface area contributed by atoms with Crippen molar-refractivity contribution in [1.29, 1.82) is 0 Å². The molecule has 2 N–H and O–H groups in total. The zero-order valence-electron chi connectivity index (χ0n) is 14.0. The fourth-order valence-electron chi connectivity index (χ4n) is 3.22. The van der Waals surface area contributed by atoms with Crippen LogP contribution in [0.3, 0.4) is 0 Å². The second kappa shape index (κ2) is 7.66. The Bertz CT molecular complexity index is 617. The van der Waals surface area contributed by atoms with E-state index in [2.05, 4.69) is 17.6 Å². The van der Waals surface area contributed by atoms with Crippen LogP contribution in [0.25, 0.3) is 0 Å². The quantitative estimate of drug-likeness (QED) is 0.812. The Morgan fingerprint density at radius 2 is 2.21 bits per heavy atom. The van der Waals surface area contributed by atoms with E-state index in [1.165, 1.54) is 19.3 Å². The van der Waals surface area contributed by atoms with Gasteiger partial charge in [-0.1, -0.05) is 19.8 Å². The molecule has 1 aliphatic heterocycles. The number of nitrogens with one attached hydrogen (secondary N) is 2. The third-order valence-corrected chi connectivity index (χ3v) is 4.63. The topological polar surface area (TPSA) is 76.7 Å². The summed E-state index contributed by atoms with van der Waals surface area (Å²) in [5, 5.41) is 5.57. The second-order valence-electron chi connectivity index (χ2n) is 6.47. The summed E-state index contributed by atoms with van der Waals surface area (Å²) >= 11 is 0. The number of hydrogen-bond donors (Lipinski definition) is 2. The van der Waals surface area contributed by atoms with Gasteiger partial charge in [0.25, 0.3) is 11.8 Å². The summed E-state index contributed by atoms with van der Waals surface area (Å²) in [5.74, 6) is 0.768. The predicted octanol–water partition coefficient (Wildman–Crippen LogP) is 2.34. The van der Waals surface area contributed by atoms with Crippen molar-refractivity contribution >= 4 is 17.5 Å². The van der Waals surface area contributed by atoms with E-state index >= 15 is 0 Å². The molecule has 6 heteroatoms. The number of rotatable bonds is 5. The van der Waals surface area contributed by atoms with Crippen LogP contribution in [0, 0.1) is 5.92 Å². The maximum absolute atomic E-state index is 12.2. The van der Waals surface area contributed by atoms with E-state index in [9.17, 15) is 9.59 Å². The zero-order valence-corrected chi connectivity index (χ0v) is 14.0. The molecule has 1 heterocycles. The number of benzene rings is 1. The smallest absolute Gasteiger partial charge is 0.262 e. The SMILES string of the molecule is C[C@H]1CCCC[C@H]1OCCNC(=O)c1ccc2c(c1)OCC(=O)N2. The summed E-state index contributed by atoms with van der Waals surface area (Å²) in [6.07, 6.45) is 5.17. The van der Waals surface area contributed by atoms with E-state index in [4.69, 9.17) is 9.47 Å². The molecule has 24 heavy (non-hydrogen) atoms. The van der Waals surface area contributed by atoms with Crippen LogP contribution in [0.15, 0.2) is 18.2 Å². The minimum absolute atomic E-state index is 0.0223. The van der Waals surface area contributed by atoms with Gasteiger partial charge < -0.3 is 20.1 Å². The van der Waals surface area contributed by atoms with Crippen molar-refractivity contribution < 1.29 is 19.1 Å². The van der Waals surface area contributed by atoms with Crippen molar-refractivity contribution in [3.8, 4) is 5.75 Å². The van der Waals surface area contributed by atoms with Gasteiger partial charge in [0.15, 0.2) is 6.61 Å². The summed E-state index contributed by atoms with van der Waals surface area (Å²) in [5.41, 5.74) is 1.10. The number of ether oxygens (including phenoxy) is 2. The number of anilines is 1. The molecule has 0 saturated heterocycles. The van der Waals surface area contributed by atoms with Gasteiger partial charge in [0, 0.05) is 12.1 Å². The Morgan fingerprint density at radius 3 is 3.04 bits per heavy atom. The van der Waals surface area contributed by atoms with Crippen molar-refractivity contribution in [2.24, 2.45) is 5.92 Å². The minimum Gasteiger partial charge on any atom is -0.482 e. The fourth-order valence-corrected chi connectivity index (χ4v) is 3.22. The van der Waals surface area contributed by atoms with Gasteiger partial charge in [-0.05, 0) is 37.0 Å². The number of fused-ring (bicyclic) bond motifs is 1. The molecule has 0 radical (unpaired) electrons. The molecule has 130 valence electrons. The summed E-state index contributed by atoms with van der Waals surface area (Å²) in [6.45, 7) is 3.22. The lowest BCUT2D eigenvalue weighted by Gasteiger charge is -2.28. The van der Waals surface area contributed by atoms with Crippen LogP contribution in [0.5, 0.6) is 5.75 Å². The van der Waals surface area contributed by atoms with Crippen molar-refractivity contribution in [2.75, 3.05) is 25.1 Å². The monoisotopic (exact) mass is 332 g/mol. The van der Waals surface area contributed by atoms with Crippen LogP contribution in [-0.4, -0.2) is 37.7 Å². The molecule has 0 unspecified atom stereocenters. The molecule has 0 spiro atoms. The normalized spacial score (nSPS) is 23.0. The van der Waals surface area contributed by atoms with Crippen LogP contribution in [0.1, 0.15) is 43.0 Å². The lowest BCUT2D eigenvalue weighted by atomic mass is 9.88. The van der Waals surface area contributed by atoms with Crippen LogP contribution in [-0.2, 0) is 9.53 Å². The molecule has 2 amide bonds. The fraction of sp³-hybridized carbons (Fsp3) is 0.556. The van der Waals surface area contributed by atoms with E-state index in [1.54, 1.807) is 18.2 Å². The zero-order chi connectivity index (χ0) is 16.9. The molecule has 2 aliphatic rings. The maximum atomic E-state index is 12.2. The molecule has 0 aromatic heterocycles. The van der Waals surface area contributed by atoms with Crippen LogP contribution < -0.4 is 15.4 Å². The highest BCUT2D eigenvalue weighted by Gasteiger charge is 2.21. The van der Waals surface area contributed by atoms with Gasteiger partial charge in [0.05, 0.1) is 18.4 Å². The molecule has 1 fully saturated rings. The standard InChI is InChI=1S/C18H24N2O4/c1-12-4-2-3-5-15(12)23-9-8-19-18(22)13-6-7-14-16(10-13)24-11-17(21)20-14/h6-7,10,12,15H,2-5,8-9,11H2,1H3,(H,19,22)(H,20,21)/t12-,15+/m0/s1. The molecule has 1 aromatic rings. The minimum atomic E-state index is -0.186. The van der Waals surface area contributed by atoms with E-state index in [0.29, 0.717) is 42.2 Å². The van der Waals surface area contributed by atoms with Crippen molar-refractivity contribution in [3.05, 3.63) is 23.8 Å². The van der Waals surface area contributed by atoms with Crippen molar-refractivity contribution in [3.63, 3.8) is 0 Å². The molecular formula is C18H24N2O4. The third-order valence-electron chi connectivity index (χ3n) is 4.63. The molecule has 1 aromatic carbocycles. The van der Waals surface area contributed by atoms with E-state index < -0.39 is 0 Å². The Kier molecular flexibility index (Phi) is 5.35. The van der Waals surface area contributed by atoms with Crippen LogP contribution in [0.4, 0.5) is 5.69 Å². The van der Waals surface area contributed by atoms with Crippen LogP contribution >= 0.6 is 0 Å². The number of carbonyl (C=O) groups is 2. The first kappa shape index (κ1) is 16.8. The first-order valence-corrected chi connectivity index (χ1v) is 8.60. The van der Waals surface area contributed by atoms with E-state index in [-0.39, 0.29) is 18.4 Å². The molecule has 1 saturated carbocycles. The van der Waals surface area contributed by atoms with Gasteiger partial charge in [-0.2, -0.15) is 0 Å². The summed E-state index contributed by atoms with van der Waals surface area (Å²) < 4.78 is 11.2. The largest absolute Gasteiger partial charge is 0.482 e.